The summed E-state index contributed by atoms with van der Waals surface area (Å²) >= 11 is 0. The van der Waals surface area contributed by atoms with Crippen LogP contribution in [0.3, 0.4) is 0 Å². The standard InChI is InChI=1S/C19H17FN2O5/c20-13-3-1-12(2-4-13)15(23)6-8-18(24)21-10-19(25)22-14-5-7-16-17(9-14)27-11-26-16/h1-5,7,9H,6,8,10-11H2,(H,21,24)(H,22,25). The highest BCUT2D eigenvalue weighted by Gasteiger charge is 2.15. The SMILES string of the molecule is O=C(CCC(=O)c1ccc(F)cc1)NCC(=O)Nc1ccc2c(c1)OCO2. The first-order valence-electron chi connectivity index (χ1n) is 8.26. The van der Waals surface area contributed by atoms with Crippen molar-refractivity contribution in [1.29, 1.82) is 0 Å². The summed E-state index contributed by atoms with van der Waals surface area (Å²) < 4.78 is 23.2. The maximum atomic E-state index is 12.8. The lowest BCUT2D eigenvalue weighted by molar-refractivity contribution is -0.124. The third-order valence-corrected chi connectivity index (χ3v) is 3.85. The van der Waals surface area contributed by atoms with Crippen LogP contribution >= 0.6 is 0 Å². The number of carbonyl (C=O) groups excluding carboxylic acids is 3. The minimum Gasteiger partial charge on any atom is -0.454 e. The Morgan fingerprint density at radius 1 is 0.926 bits per heavy atom. The van der Waals surface area contributed by atoms with Gasteiger partial charge in [0.25, 0.3) is 0 Å². The molecule has 0 radical (unpaired) electrons. The first-order valence-corrected chi connectivity index (χ1v) is 8.26. The molecular formula is C19H17FN2O5. The molecule has 0 fully saturated rings. The third kappa shape index (κ3) is 5.04. The fourth-order valence-corrected chi connectivity index (χ4v) is 2.45. The van der Waals surface area contributed by atoms with Crippen molar-refractivity contribution in [3.63, 3.8) is 0 Å². The number of benzene rings is 2. The number of halogens is 1. The summed E-state index contributed by atoms with van der Waals surface area (Å²) in [5.74, 6) is -0.394. The summed E-state index contributed by atoms with van der Waals surface area (Å²) in [6, 6.07) is 10.1. The van der Waals surface area contributed by atoms with Crippen LogP contribution in [-0.2, 0) is 9.59 Å². The Balaban J connectivity index is 1.40. The molecule has 0 saturated carbocycles. The molecule has 1 aliphatic heterocycles. The molecule has 0 aromatic heterocycles. The maximum absolute atomic E-state index is 12.8. The number of Topliss-reactive ketones (excluding diaryl/α,β-unsaturated/α-hetero) is 1. The average molecular weight is 372 g/mol. The van der Waals surface area contributed by atoms with Gasteiger partial charge >= 0.3 is 0 Å². The van der Waals surface area contributed by atoms with E-state index in [9.17, 15) is 18.8 Å². The number of hydrogen-bond acceptors (Lipinski definition) is 5. The first-order chi connectivity index (χ1) is 13.0. The molecule has 0 bridgehead atoms. The monoisotopic (exact) mass is 372 g/mol. The van der Waals surface area contributed by atoms with Gasteiger partial charge in [0.1, 0.15) is 5.82 Å². The van der Waals surface area contributed by atoms with Crippen LogP contribution in [0.1, 0.15) is 23.2 Å². The van der Waals surface area contributed by atoms with Gasteiger partial charge in [-0.3, -0.25) is 14.4 Å². The number of rotatable bonds is 7. The second-order valence-electron chi connectivity index (χ2n) is 5.82. The van der Waals surface area contributed by atoms with E-state index in [4.69, 9.17) is 9.47 Å². The summed E-state index contributed by atoms with van der Waals surface area (Å²) in [7, 11) is 0. The van der Waals surface area contributed by atoms with Gasteiger partial charge in [0.2, 0.25) is 18.6 Å². The molecule has 0 spiro atoms. The zero-order valence-corrected chi connectivity index (χ0v) is 14.3. The smallest absolute Gasteiger partial charge is 0.243 e. The lowest BCUT2D eigenvalue weighted by atomic mass is 10.1. The highest BCUT2D eigenvalue weighted by atomic mass is 19.1. The van der Waals surface area contributed by atoms with E-state index < -0.39 is 17.6 Å². The average Bonchev–Trinajstić information content (AvgIpc) is 3.13. The van der Waals surface area contributed by atoms with Gasteiger partial charge in [-0.1, -0.05) is 0 Å². The predicted molar refractivity (Wildman–Crippen MR) is 94.2 cm³/mol. The van der Waals surface area contributed by atoms with Gasteiger partial charge in [0, 0.05) is 30.2 Å². The van der Waals surface area contributed by atoms with Crippen LogP contribution in [0.25, 0.3) is 0 Å². The van der Waals surface area contributed by atoms with E-state index >= 15 is 0 Å². The summed E-state index contributed by atoms with van der Waals surface area (Å²) in [5, 5.41) is 5.08. The maximum Gasteiger partial charge on any atom is 0.243 e. The van der Waals surface area contributed by atoms with E-state index in [1.54, 1.807) is 18.2 Å². The number of amides is 2. The largest absolute Gasteiger partial charge is 0.454 e. The van der Waals surface area contributed by atoms with Crippen molar-refractivity contribution in [2.24, 2.45) is 0 Å². The number of anilines is 1. The van der Waals surface area contributed by atoms with Gasteiger partial charge < -0.3 is 20.1 Å². The molecule has 2 amide bonds. The van der Waals surface area contributed by atoms with Crippen LogP contribution in [0.4, 0.5) is 10.1 Å². The molecule has 27 heavy (non-hydrogen) atoms. The fraction of sp³-hybridized carbons (Fsp3) is 0.211. The summed E-state index contributed by atoms with van der Waals surface area (Å²) in [4.78, 5) is 35.6. The molecule has 2 N–H and O–H groups in total. The molecular weight excluding hydrogens is 355 g/mol. The van der Waals surface area contributed by atoms with Crippen LogP contribution in [0, 0.1) is 5.82 Å². The summed E-state index contributed by atoms with van der Waals surface area (Å²) in [6.07, 6.45) is -0.0885. The molecule has 0 saturated heterocycles. The van der Waals surface area contributed by atoms with Crippen LogP contribution in [0.5, 0.6) is 11.5 Å². The third-order valence-electron chi connectivity index (χ3n) is 3.85. The van der Waals surface area contributed by atoms with Crippen LogP contribution in [-0.4, -0.2) is 30.9 Å². The number of carbonyl (C=O) groups is 3. The Hall–Kier alpha value is -3.42. The van der Waals surface area contributed by atoms with Gasteiger partial charge in [0.15, 0.2) is 17.3 Å². The number of nitrogens with one attached hydrogen (secondary N) is 2. The van der Waals surface area contributed by atoms with Crippen molar-refractivity contribution >= 4 is 23.3 Å². The number of hydrogen-bond donors (Lipinski definition) is 2. The molecule has 0 atom stereocenters. The highest BCUT2D eigenvalue weighted by Crippen LogP contribution is 2.34. The second kappa shape index (κ2) is 8.31. The van der Waals surface area contributed by atoms with E-state index in [1.165, 1.54) is 24.3 Å². The minimum absolute atomic E-state index is 0.0265. The topological polar surface area (TPSA) is 93.7 Å². The summed E-state index contributed by atoms with van der Waals surface area (Å²) in [6.45, 7) is -0.0859. The second-order valence-corrected chi connectivity index (χ2v) is 5.82. The van der Waals surface area contributed by atoms with Gasteiger partial charge in [0.05, 0.1) is 6.54 Å². The predicted octanol–water partition coefficient (Wildman–Crippen LogP) is 2.27. The molecule has 2 aromatic carbocycles. The van der Waals surface area contributed by atoms with Gasteiger partial charge in [-0.2, -0.15) is 0 Å². The molecule has 0 aliphatic carbocycles. The summed E-state index contributed by atoms with van der Waals surface area (Å²) in [5.41, 5.74) is 0.856. The highest BCUT2D eigenvalue weighted by molar-refractivity contribution is 5.99. The lowest BCUT2D eigenvalue weighted by Crippen LogP contribution is -2.33. The van der Waals surface area contributed by atoms with Gasteiger partial charge in [-0.05, 0) is 36.4 Å². The Bertz CT molecular complexity index is 867. The molecule has 2 aromatic rings. The van der Waals surface area contributed by atoms with Crippen molar-refractivity contribution in [1.82, 2.24) is 5.32 Å². The molecule has 1 heterocycles. The molecule has 7 nitrogen and oxygen atoms in total. The number of fused-ring (bicyclic) bond motifs is 1. The van der Waals surface area contributed by atoms with Crippen LogP contribution in [0.2, 0.25) is 0 Å². The minimum atomic E-state index is -0.433. The molecule has 1 aliphatic rings. The van der Waals surface area contributed by atoms with Crippen molar-refractivity contribution < 1.29 is 28.2 Å². The zero-order chi connectivity index (χ0) is 19.2. The first kappa shape index (κ1) is 18.4. The van der Waals surface area contributed by atoms with Gasteiger partial charge in [-0.15, -0.1) is 0 Å². The number of ether oxygens (including phenoxy) is 2. The quantitative estimate of drug-likeness (QED) is 0.728. The lowest BCUT2D eigenvalue weighted by Gasteiger charge is -2.07. The zero-order valence-electron chi connectivity index (χ0n) is 14.3. The molecule has 0 unspecified atom stereocenters. The van der Waals surface area contributed by atoms with Crippen molar-refractivity contribution in [3.8, 4) is 11.5 Å². The van der Waals surface area contributed by atoms with E-state index in [2.05, 4.69) is 10.6 Å². The van der Waals surface area contributed by atoms with Gasteiger partial charge in [-0.25, -0.2) is 4.39 Å². The van der Waals surface area contributed by atoms with E-state index in [-0.39, 0.29) is 32.0 Å². The van der Waals surface area contributed by atoms with Crippen LogP contribution < -0.4 is 20.1 Å². The molecule has 3 rings (SSSR count). The van der Waals surface area contributed by atoms with E-state index in [1.807, 2.05) is 0 Å². The Kier molecular flexibility index (Phi) is 5.65. The van der Waals surface area contributed by atoms with Crippen molar-refractivity contribution in [2.75, 3.05) is 18.7 Å². The van der Waals surface area contributed by atoms with E-state index in [0.717, 1.165) is 0 Å². The molecule has 140 valence electrons. The normalized spacial score (nSPS) is 11.7. The van der Waals surface area contributed by atoms with Crippen molar-refractivity contribution in [2.45, 2.75) is 12.8 Å². The fourth-order valence-electron chi connectivity index (χ4n) is 2.45. The Morgan fingerprint density at radius 2 is 1.67 bits per heavy atom. The molecule has 8 heteroatoms. The Labute approximate surface area is 154 Å². The van der Waals surface area contributed by atoms with E-state index in [0.29, 0.717) is 22.7 Å². The van der Waals surface area contributed by atoms with Crippen LogP contribution in [0.15, 0.2) is 42.5 Å². The van der Waals surface area contributed by atoms with Crippen molar-refractivity contribution in [3.05, 3.63) is 53.8 Å². The number of ketones is 1. The Morgan fingerprint density at radius 3 is 2.44 bits per heavy atom.